The van der Waals surface area contributed by atoms with Crippen molar-refractivity contribution in [1.29, 1.82) is 0 Å². The average molecular weight is 292 g/mol. The Morgan fingerprint density at radius 1 is 1.30 bits per heavy atom. The van der Waals surface area contributed by atoms with E-state index in [4.69, 9.17) is 0 Å². The molecule has 1 N–H and O–H groups in total. The van der Waals surface area contributed by atoms with Crippen molar-refractivity contribution in [3.8, 4) is 0 Å². The third-order valence-corrected chi connectivity index (χ3v) is 5.39. The highest BCUT2D eigenvalue weighted by Crippen LogP contribution is 2.35. The summed E-state index contributed by atoms with van der Waals surface area (Å²) in [4.78, 5) is 28.8. The molecule has 1 aliphatic carbocycles. The molecule has 108 valence electrons. The van der Waals surface area contributed by atoms with Gasteiger partial charge in [-0.25, -0.2) is 0 Å². The second-order valence-electron chi connectivity index (χ2n) is 5.69. The zero-order chi connectivity index (χ0) is 14.3. The molecule has 2 amide bonds. The minimum Gasteiger partial charge on any atom is -0.342 e. The average Bonchev–Trinajstić information content (AvgIpc) is 3.18. The van der Waals surface area contributed by atoms with Crippen molar-refractivity contribution in [3.63, 3.8) is 0 Å². The van der Waals surface area contributed by atoms with Crippen molar-refractivity contribution in [3.05, 3.63) is 21.9 Å². The van der Waals surface area contributed by atoms with Gasteiger partial charge in [0.25, 0.3) is 0 Å². The highest BCUT2D eigenvalue weighted by molar-refractivity contribution is 7.11. The zero-order valence-electron chi connectivity index (χ0n) is 11.9. The Morgan fingerprint density at radius 3 is 2.60 bits per heavy atom. The Kier molecular flexibility index (Phi) is 3.54. The predicted octanol–water partition coefficient (Wildman–Crippen LogP) is 1.94. The van der Waals surface area contributed by atoms with Crippen LogP contribution in [0.5, 0.6) is 0 Å². The maximum absolute atomic E-state index is 12.6. The second kappa shape index (κ2) is 5.20. The molecule has 2 aliphatic rings. The van der Waals surface area contributed by atoms with Gasteiger partial charge in [0, 0.05) is 9.75 Å². The Morgan fingerprint density at radius 2 is 2.00 bits per heavy atom. The number of nitrogens with one attached hydrogen (secondary N) is 1. The molecular formula is C15H20N2O2S. The van der Waals surface area contributed by atoms with E-state index in [1.807, 2.05) is 6.92 Å². The van der Waals surface area contributed by atoms with Crippen molar-refractivity contribution < 1.29 is 9.59 Å². The predicted molar refractivity (Wildman–Crippen MR) is 78.4 cm³/mol. The Labute approximate surface area is 123 Å². The second-order valence-corrected chi connectivity index (χ2v) is 6.94. The lowest BCUT2D eigenvalue weighted by atomic mass is 10.0. The minimum atomic E-state index is -0.371. The minimum absolute atomic E-state index is 0.0197. The van der Waals surface area contributed by atoms with Gasteiger partial charge in [-0.2, -0.15) is 0 Å². The molecule has 3 rings (SSSR count). The van der Waals surface area contributed by atoms with E-state index in [9.17, 15) is 9.59 Å². The van der Waals surface area contributed by atoms with Gasteiger partial charge in [-0.05, 0) is 44.2 Å². The van der Waals surface area contributed by atoms with Crippen molar-refractivity contribution in [2.24, 2.45) is 5.92 Å². The Hall–Kier alpha value is -1.36. The van der Waals surface area contributed by atoms with Crippen LogP contribution in [0.4, 0.5) is 0 Å². The largest absolute Gasteiger partial charge is 0.342 e. The van der Waals surface area contributed by atoms with E-state index in [0.717, 1.165) is 24.1 Å². The molecule has 5 heteroatoms. The number of nitrogens with zero attached hydrogens (tertiary/aromatic N) is 1. The van der Waals surface area contributed by atoms with Gasteiger partial charge in [-0.3, -0.25) is 9.59 Å². The van der Waals surface area contributed by atoms with E-state index in [1.165, 1.54) is 4.88 Å². The third-order valence-electron chi connectivity index (χ3n) is 4.18. The van der Waals surface area contributed by atoms with Crippen molar-refractivity contribution >= 4 is 23.2 Å². The summed E-state index contributed by atoms with van der Waals surface area (Å²) in [5, 5.41) is 2.88. The molecular weight excluding hydrogens is 272 g/mol. The van der Waals surface area contributed by atoms with Gasteiger partial charge in [-0.15, -0.1) is 11.3 Å². The first-order valence-corrected chi connectivity index (χ1v) is 8.10. The highest BCUT2D eigenvalue weighted by atomic mass is 32.1. The first-order chi connectivity index (χ1) is 9.60. The smallest absolute Gasteiger partial charge is 0.246 e. The maximum Gasteiger partial charge on any atom is 0.246 e. The normalized spacial score (nSPS) is 26.8. The third kappa shape index (κ3) is 2.46. The Balaban J connectivity index is 1.77. The number of carbonyl (C=O) groups is 2. The van der Waals surface area contributed by atoms with E-state index in [0.29, 0.717) is 12.5 Å². The number of aryl methyl sites for hydroxylation is 1. The number of hydrogen-bond acceptors (Lipinski definition) is 3. The summed E-state index contributed by atoms with van der Waals surface area (Å²) in [7, 11) is 0. The van der Waals surface area contributed by atoms with Gasteiger partial charge in [0.1, 0.15) is 12.1 Å². The maximum atomic E-state index is 12.6. The van der Waals surface area contributed by atoms with Crippen LogP contribution in [0.2, 0.25) is 0 Å². The first kappa shape index (κ1) is 13.6. The standard InChI is InChI=1S/C15H20N2O2S/c1-3-11-6-7-12(20-11)8-17-9(2)14(18)16-13(15(17)19)10-4-5-10/h6-7,9-10,13H,3-5,8H2,1-2H3,(H,16,18). The van der Waals surface area contributed by atoms with Gasteiger partial charge >= 0.3 is 0 Å². The fourth-order valence-corrected chi connectivity index (χ4v) is 3.63. The fraction of sp³-hybridized carbons (Fsp3) is 0.600. The summed E-state index contributed by atoms with van der Waals surface area (Å²) in [6.45, 7) is 4.49. The van der Waals surface area contributed by atoms with E-state index in [-0.39, 0.29) is 23.9 Å². The molecule has 1 aromatic rings. The van der Waals surface area contributed by atoms with Gasteiger partial charge in [0.2, 0.25) is 11.8 Å². The molecule has 2 heterocycles. The van der Waals surface area contributed by atoms with Crippen LogP contribution in [0.15, 0.2) is 12.1 Å². The van der Waals surface area contributed by atoms with Gasteiger partial charge in [0.15, 0.2) is 0 Å². The zero-order valence-corrected chi connectivity index (χ0v) is 12.7. The number of rotatable bonds is 4. The van der Waals surface area contributed by atoms with Crippen LogP contribution < -0.4 is 5.32 Å². The lowest BCUT2D eigenvalue weighted by Crippen LogP contribution is -2.62. The Bertz CT molecular complexity index is 536. The van der Waals surface area contributed by atoms with Crippen LogP contribution >= 0.6 is 11.3 Å². The van der Waals surface area contributed by atoms with Crippen LogP contribution in [-0.2, 0) is 22.6 Å². The molecule has 2 atom stereocenters. The van der Waals surface area contributed by atoms with E-state index in [2.05, 4.69) is 24.4 Å². The van der Waals surface area contributed by atoms with Crippen LogP contribution in [0.1, 0.15) is 36.4 Å². The summed E-state index contributed by atoms with van der Waals surface area (Å²) >= 11 is 1.73. The topological polar surface area (TPSA) is 49.4 Å². The molecule has 0 bridgehead atoms. The molecule has 2 unspecified atom stereocenters. The molecule has 0 spiro atoms. The number of amides is 2. The summed E-state index contributed by atoms with van der Waals surface area (Å²) < 4.78 is 0. The quantitative estimate of drug-likeness (QED) is 0.922. The van der Waals surface area contributed by atoms with Crippen LogP contribution in [0, 0.1) is 5.92 Å². The lowest BCUT2D eigenvalue weighted by molar-refractivity contribution is -0.149. The monoisotopic (exact) mass is 292 g/mol. The molecule has 1 saturated carbocycles. The molecule has 20 heavy (non-hydrogen) atoms. The number of carbonyl (C=O) groups excluding carboxylic acids is 2. The van der Waals surface area contributed by atoms with E-state index in [1.54, 1.807) is 16.2 Å². The number of hydrogen-bond donors (Lipinski definition) is 1. The highest BCUT2D eigenvalue weighted by Gasteiger charge is 2.45. The first-order valence-electron chi connectivity index (χ1n) is 7.28. The van der Waals surface area contributed by atoms with Gasteiger partial charge < -0.3 is 10.2 Å². The lowest BCUT2D eigenvalue weighted by Gasteiger charge is -2.37. The molecule has 0 aromatic carbocycles. The summed E-state index contributed by atoms with van der Waals surface area (Å²) in [5.41, 5.74) is 0. The van der Waals surface area contributed by atoms with Crippen LogP contribution in [0.3, 0.4) is 0 Å². The molecule has 0 radical (unpaired) electrons. The molecule has 2 fully saturated rings. The number of piperazine rings is 1. The summed E-state index contributed by atoms with van der Waals surface area (Å²) in [6, 6.07) is 3.52. The van der Waals surface area contributed by atoms with E-state index >= 15 is 0 Å². The van der Waals surface area contributed by atoms with Gasteiger partial charge in [0.05, 0.1) is 6.54 Å². The van der Waals surface area contributed by atoms with Crippen molar-refractivity contribution in [1.82, 2.24) is 10.2 Å². The molecule has 1 aliphatic heterocycles. The van der Waals surface area contributed by atoms with E-state index < -0.39 is 0 Å². The van der Waals surface area contributed by atoms with Crippen molar-refractivity contribution in [2.75, 3.05) is 0 Å². The summed E-state index contributed by atoms with van der Waals surface area (Å²) in [5.74, 6) is 0.427. The van der Waals surface area contributed by atoms with Crippen LogP contribution in [-0.4, -0.2) is 28.8 Å². The molecule has 1 aromatic heterocycles. The number of thiophene rings is 1. The van der Waals surface area contributed by atoms with Crippen LogP contribution in [0.25, 0.3) is 0 Å². The summed E-state index contributed by atoms with van der Waals surface area (Å²) in [6.07, 6.45) is 3.12. The van der Waals surface area contributed by atoms with Gasteiger partial charge in [-0.1, -0.05) is 6.92 Å². The fourth-order valence-electron chi connectivity index (χ4n) is 2.68. The van der Waals surface area contributed by atoms with Crippen molar-refractivity contribution in [2.45, 2.75) is 51.7 Å². The molecule has 1 saturated heterocycles. The molecule has 4 nitrogen and oxygen atoms in total. The SMILES string of the molecule is CCc1ccc(CN2C(=O)C(C3CC3)NC(=O)C2C)s1.